The van der Waals surface area contributed by atoms with Crippen LogP contribution in [-0.2, 0) is 20.9 Å². The minimum Gasteiger partial charge on any atom is -0.262 e. The summed E-state index contributed by atoms with van der Waals surface area (Å²) < 4.78 is 29.3. The highest BCUT2D eigenvalue weighted by atomic mass is 32.2. The second-order valence-corrected chi connectivity index (χ2v) is 6.05. The third kappa shape index (κ3) is 3.43. The van der Waals surface area contributed by atoms with E-state index in [-0.39, 0.29) is 11.5 Å². The Hall–Kier alpha value is -1.65. The molecular formula is C15H16O3S. The van der Waals surface area contributed by atoms with Crippen molar-refractivity contribution in [1.82, 2.24) is 0 Å². The number of aryl methyl sites for hydroxylation is 2. The molecule has 2 aromatic carbocycles. The van der Waals surface area contributed by atoms with Gasteiger partial charge in [0.15, 0.2) is 0 Å². The van der Waals surface area contributed by atoms with Crippen molar-refractivity contribution in [1.29, 1.82) is 0 Å². The highest BCUT2D eigenvalue weighted by molar-refractivity contribution is 7.86. The van der Waals surface area contributed by atoms with Gasteiger partial charge in [0.2, 0.25) is 0 Å². The number of benzene rings is 2. The van der Waals surface area contributed by atoms with Gasteiger partial charge in [-0.05, 0) is 31.0 Å². The van der Waals surface area contributed by atoms with Gasteiger partial charge in [-0.15, -0.1) is 0 Å². The Morgan fingerprint density at radius 1 is 1.00 bits per heavy atom. The molecule has 0 heterocycles. The summed E-state index contributed by atoms with van der Waals surface area (Å²) in [6.45, 7) is 3.75. The van der Waals surface area contributed by atoms with Crippen molar-refractivity contribution in [2.75, 3.05) is 0 Å². The summed E-state index contributed by atoms with van der Waals surface area (Å²) >= 11 is 0. The summed E-state index contributed by atoms with van der Waals surface area (Å²) in [5, 5.41) is 0. The third-order valence-electron chi connectivity index (χ3n) is 2.82. The second kappa shape index (κ2) is 5.55. The van der Waals surface area contributed by atoms with E-state index in [9.17, 15) is 8.42 Å². The molecule has 0 amide bonds. The fourth-order valence-electron chi connectivity index (χ4n) is 1.86. The lowest BCUT2D eigenvalue weighted by molar-refractivity contribution is 0.308. The van der Waals surface area contributed by atoms with Crippen LogP contribution in [0, 0.1) is 13.8 Å². The lowest BCUT2D eigenvalue weighted by Crippen LogP contribution is -2.08. The molecule has 0 aliphatic carbocycles. The molecule has 0 radical (unpaired) electrons. The zero-order valence-electron chi connectivity index (χ0n) is 11.0. The van der Waals surface area contributed by atoms with Gasteiger partial charge in [-0.2, -0.15) is 8.42 Å². The van der Waals surface area contributed by atoms with E-state index in [1.165, 1.54) is 0 Å². The van der Waals surface area contributed by atoms with Gasteiger partial charge in [0.05, 0.1) is 11.5 Å². The van der Waals surface area contributed by atoms with Crippen molar-refractivity contribution < 1.29 is 12.6 Å². The molecule has 0 bridgehead atoms. The average molecular weight is 276 g/mol. The molecule has 2 aromatic rings. The van der Waals surface area contributed by atoms with E-state index >= 15 is 0 Å². The first-order valence-corrected chi connectivity index (χ1v) is 7.40. The Morgan fingerprint density at radius 3 is 2.32 bits per heavy atom. The Bertz CT molecular complexity index is 661. The van der Waals surface area contributed by atoms with Crippen molar-refractivity contribution in [2.45, 2.75) is 25.3 Å². The van der Waals surface area contributed by atoms with Gasteiger partial charge in [-0.25, -0.2) is 0 Å². The molecule has 0 aliphatic rings. The smallest absolute Gasteiger partial charge is 0.262 e. The molecule has 19 heavy (non-hydrogen) atoms. The Kier molecular flexibility index (Phi) is 4.02. The zero-order chi connectivity index (χ0) is 13.9. The predicted molar refractivity (Wildman–Crippen MR) is 74.3 cm³/mol. The highest BCUT2D eigenvalue weighted by Gasteiger charge is 2.17. The van der Waals surface area contributed by atoms with Crippen LogP contribution in [0.1, 0.15) is 16.7 Å². The minimum atomic E-state index is -3.71. The summed E-state index contributed by atoms with van der Waals surface area (Å²) in [6.07, 6.45) is 0. The summed E-state index contributed by atoms with van der Waals surface area (Å²) in [5.74, 6) is 0. The van der Waals surface area contributed by atoms with E-state index in [0.29, 0.717) is 5.56 Å². The topological polar surface area (TPSA) is 43.4 Å². The van der Waals surface area contributed by atoms with E-state index in [1.807, 2.05) is 43.3 Å². The first-order valence-electron chi connectivity index (χ1n) is 6.00. The lowest BCUT2D eigenvalue weighted by atomic mass is 10.2. The van der Waals surface area contributed by atoms with Crippen LogP contribution in [0.5, 0.6) is 0 Å². The first-order chi connectivity index (χ1) is 8.99. The van der Waals surface area contributed by atoms with E-state index < -0.39 is 10.1 Å². The van der Waals surface area contributed by atoms with Gasteiger partial charge < -0.3 is 0 Å². The molecule has 0 spiro atoms. The Balaban J connectivity index is 2.19. The van der Waals surface area contributed by atoms with Crippen LogP contribution in [0.4, 0.5) is 0 Å². The van der Waals surface area contributed by atoms with Gasteiger partial charge in [0.1, 0.15) is 0 Å². The Morgan fingerprint density at radius 2 is 1.68 bits per heavy atom. The molecule has 3 nitrogen and oxygen atoms in total. The summed E-state index contributed by atoms with van der Waals surface area (Å²) in [6, 6.07) is 14.4. The zero-order valence-corrected chi connectivity index (χ0v) is 11.8. The lowest BCUT2D eigenvalue weighted by Gasteiger charge is -2.09. The SMILES string of the molecule is Cc1ccc(S(=O)(=O)OCc2ccccc2)c(C)c1. The number of hydrogen-bond donors (Lipinski definition) is 0. The maximum absolute atomic E-state index is 12.1. The number of rotatable bonds is 4. The third-order valence-corrected chi connectivity index (χ3v) is 4.25. The summed E-state index contributed by atoms with van der Waals surface area (Å²) in [7, 11) is -3.71. The van der Waals surface area contributed by atoms with Crippen molar-refractivity contribution in [2.24, 2.45) is 0 Å². The van der Waals surface area contributed by atoms with Gasteiger partial charge >= 0.3 is 0 Å². The van der Waals surface area contributed by atoms with Gasteiger partial charge in [0, 0.05) is 0 Å². The normalized spacial score (nSPS) is 11.5. The molecule has 0 aromatic heterocycles. The van der Waals surface area contributed by atoms with E-state index in [2.05, 4.69) is 0 Å². The molecule has 0 aliphatic heterocycles. The maximum Gasteiger partial charge on any atom is 0.297 e. The van der Waals surface area contributed by atoms with E-state index in [0.717, 1.165) is 11.1 Å². The van der Waals surface area contributed by atoms with Crippen molar-refractivity contribution >= 4 is 10.1 Å². The fourth-order valence-corrected chi connectivity index (χ4v) is 2.97. The van der Waals surface area contributed by atoms with Crippen molar-refractivity contribution in [3.05, 3.63) is 65.2 Å². The molecule has 0 unspecified atom stereocenters. The Labute approximate surface area is 114 Å². The van der Waals surface area contributed by atoms with E-state index in [1.54, 1.807) is 19.1 Å². The molecule has 0 saturated heterocycles. The highest BCUT2D eigenvalue weighted by Crippen LogP contribution is 2.19. The fraction of sp³-hybridized carbons (Fsp3) is 0.200. The van der Waals surface area contributed by atoms with Gasteiger partial charge in [-0.1, -0.05) is 48.0 Å². The monoisotopic (exact) mass is 276 g/mol. The van der Waals surface area contributed by atoms with Crippen LogP contribution in [0.15, 0.2) is 53.4 Å². The van der Waals surface area contributed by atoms with Crippen LogP contribution in [0.3, 0.4) is 0 Å². The van der Waals surface area contributed by atoms with Crippen LogP contribution in [0.2, 0.25) is 0 Å². The van der Waals surface area contributed by atoms with Crippen molar-refractivity contribution in [3.8, 4) is 0 Å². The summed E-state index contributed by atoms with van der Waals surface area (Å²) in [5.41, 5.74) is 2.56. The van der Waals surface area contributed by atoms with Crippen LogP contribution < -0.4 is 0 Å². The second-order valence-electron chi connectivity index (χ2n) is 4.47. The summed E-state index contributed by atoms with van der Waals surface area (Å²) in [4.78, 5) is 0.231. The molecule has 0 atom stereocenters. The average Bonchev–Trinajstić information content (AvgIpc) is 2.37. The maximum atomic E-state index is 12.1. The van der Waals surface area contributed by atoms with Gasteiger partial charge in [0.25, 0.3) is 10.1 Å². The quantitative estimate of drug-likeness (QED) is 0.805. The number of hydrogen-bond acceptors (Lipinski definition) is 3. The molecule has 4 heteroatoms. The van der Waals surface area contributed by atoms with Crippen molar-refractivity contribution in [3.63, 3.8) is 0 Å². The molecule has 0 N–H and O–H groups in total. The van der Waals surface area contributed by atoms with Crippen LogP contribution in [-0.4, -0.2) is 8.42 Å². The molecule has 0 saturated carbocycles. The minimum absolute atomic E-state index is 0.0521. The molecular weight excluding hydrogens is 260 g/mol. The predicted octanol–water partition coefficient (Wildman–Crippen LogP) is 3.21. The van der Waals surface area contributed by atoms with Crippen LogP contribution >= 0.6 is 0 Å². The molecule has 0 fully saturated rings. The van der Waals surface area contributed by atoms with Crippen LogP contribution in [0.25, 0.3) is 0 Å². The first kappa shape index (κ1) is 13.8. The molecule has 100 valence electrons. The largest absolute Gasteiger partial charge is 0.297 e. The van der Waals surface area contributed by atoms with Gasteiger partial charge in [-0.3, -0.25) is 4.18 Å². The molecule has 2 rings (SSSR count). The van der Waals surface area contributed by atoms with E-state index in [4.69, 9.17) is 4.18 Å². The standard InChI is InChI=1S/C15H16O3S/c1-12-8-9-15(13(2)10-12)19(16,17)18-11-14-6-4-3-5-7-14/h3-10H,11H2,1-2H3.